The van der Waals surface area contributed by atoms with Crippen molar-refractivity contribution in [3.63, 3.8) is 0 Å². The maximum Gasteiger partial charge on any atom is 0.311 e. The molecule has 3 nitrogen and oxygen atoms in total. The van der Waals surface area contributed by atoms with E-state index in [1.165, 1.54) is 5.57 Å². The van der Waals surface area contributed by atoms with Gasteiger partial charge >= 0.3 is 5.97 Å². The van der Waals surface area contributed by atoms with Gasteiger partial charge < -0.3 is 9.84 Å². The van der Waals surface area contributed by atoms with Crippen LogP contribution in [-0.2, 0) is 9.53 Å². The molecule has 0 spiro atoms. The highest BCUT2D eigenvalue weighted by molar-refractivity contribution is 5.76. The van der Waals surface area contributed by atoms with Crippen LogP contribution in [0.15, 0.2) is 36.0 Å². The minimum absolute atomic E-state index is 0.0709. The van der Waals surface area contributed by atoms with E-state index < -0.39 is 5.41 Å². The molecular weight excluding hydrogens is 348 g/mol. The summed E-state index contributed by atoms with van der Waals surface area (Å²) in [5.41, 5.74) is 0.871. The van der Waals surface area contributed by atoms with Gasteiger partial charge in [-0.15, -0.1) is 0 Å². The minimum Gasteiger partial charge on any atom is -0.461 e. The van der Waals surface area contributed by atoms with E-state index in [0.29, 0.717) is 24.2 Å². The summed E-state index contributed by atoms with van der Waals surface area (Å²) < 4.78 is 6.15. The van der Waals surface area contributed by atoms with Gasteiger partial charge in [0.2, 0.25) is 0 Å². The summed E-state index contributed by atoms with van der Waals surface area (Å²) >= 11 is 0. The summed E-state index contributed by atoms with van der Waals surface area (Å²) in [7, 11) is 0. The molecule has 0 fully saturated rings. The van der Waals surface area contributed by atoms with Crippen LogP contribution >= 0.6 is 0 Å². The first-order valence-electron chi connectivity index (χ1n) is 11.1. The lowest BCUT2D eigenvalue weighted by Gasteiger charge is -2.43. The highest BCUT2D eigenvalue weighted by atomic mass is 16.5. The van der Waals surface area contributed by atoms with Crippen molar-refractivity contribution >= 4 is 5.97 Å². The van der Waals surface area contributed by atoms with Crippen LogP contribution in [0.25, 0.3) is 0 Å². The Hall–Kier alpha value is -1.35. The lowest BCUT2D eigenvalue weighted by molar-refractivity contribution is -0.164. The van der Waals surface area contributed by atoms with E-state index >= 15 is 0 Å². The van der Waals surface area contributed by atoms with Crippen LogP contribution in [0, 0.1) is 29.1 Å². The molecule has 28 heavy (non-hydrogen) atoms. The van der Waals surface area contributed by atoms with Gasteiger partial charge in [-0.25, -0.2) is 0 Å². The average molecular weight is 389 g/mol. The fourth-order valence-corrected chi connectivity index (χ4v) is 4.46. The van der Waals surface area contributed by atoms with Crippen LogP contribution in [0.2, 0.25) is 0 Å². The van der Waals surface area contributed by atoms with Crippen LogP contribution in [0.4, 0.5) is 0 Å². The Kier molecular flexibility index (Phi) is 8.12. The summed E-state index contributed by atoms with van der Waals surface area (Å²) in [6, 6.07) is 0. The predicted molar refractivity (Wildman–Crippen MR) is 116 cm³/mol. The van der Waals surface area contributed by atoms with E-state index in [0.717, 1.165) is 25.7 Å². The molecule has 3 heteroatoms. The number of allylic oxidation sites excluding steroid dienone is 4. The smallest absolute Gasteiger partial charge is 0.311 e. The van der Waals surface area contributed by atoms with Gasteiger partial charge in [-0.1, -0.05) is 51.2 Å². The zero-order valence-electron chi connectivity index (χ0n) is 18.7. The van der Waals surface area contributed by atoms with E-state index in [9.17, 15) is 9.90 Å². The third-order valence-corrected chi connectivity index (χ3v) is 6.77. The zero-order valence-corrected chi connectivity index (χ0v) is 18.7. The Morgan fingerprint density at radius 3 is 2.75 bits per heavy atom. The van der Waals surface area contributed by atoms with Gasteiger partial charge in [0.05, 0.1) is 11.5 Å². The van der Waals surface area contributed by atoms with Crippen LogP contribution in [0.1, 0.15) is 73.6 Å². The number of ether oxygens (including phenoxy) is 1. The Labute approximate surface area is 171 Å². The fourth-order valence-electron chi connectivity index (χ4n) is 4.46. The molecule has 0 aromatic heterocycles. The summed E-state index contributed by atoms with van der Waals surface area (Å²) in [4.78, 5) is 12.8. The standard InChI is InChI=1S/C25H40O3/c1-7-9-10-20(26)13-14-21-18(4)11-12-19-15-17(3)16-22(23(19)21)28-24(27)25(5,6)8-2/h7,9,11-12,15,17-18,20-23,26H,8,10,13-14,16H2,1-6H3/b9-7-/t17-,18-,20-,21-,22-,23-/m0/s1. The number of carbonyl (C=O) groups excluding carboxylic acids is 1. The van der Waals surface area contributed by atoms with Crippen molar-refractivity contribution in [1.29, 1.82) is 0 Å². The van der Waals surface area contributed by atoms with Gasteiger partial charge in [0, 0.05) is 5.92 Å². The first kappa shape index (κ1) is 22.9. The summed E-state index contributed by atoms with van der Waals surface area (Å²) in [6.45, 7) is 12.4. The highest BCUT2D eigenvalue weighted by Crippen LogP contribution is 2.45. The number of hydrogen-bond donors (Lipinski definition) is 1. The monoisotopic (exact) mass is 388 g/mol. The van der Waals surface area contributed by atoms with Gasteiger partial charge in [0.1, 0.15) is 6.10 Å². The molecule has 1 N–H and O–H groups in total. The maximum absolute atomic E-state index is 12.8. The van der Waals surface area contributed by atoms with Crippen LogP contribution in [0.5, 0.6) is 0 Å². The third kappa shape index (κ3) is 5.59. The molecule has 0 bridgehead atoms. The number of hydrogen-bond acceptors (Lipinski definition) is 3. The van der Waals surface area contributed by atoms with Crippen molar-refractivity contribution in [3.8, 4) is 0 Å². The van der Waals surface area contributed by atoms with Crippen LogP contribution < -0.4 is 0 Å². The number of esters is 1. The molecule has 0 heterocycles. The van der Waals surface area contributed by atoms with Gasteiger partial charge in [-0.3, -0.25) is 4.79 Å². The van der Waals surface area contributed by atoms with E-state index in [4.69, 9.17) is 4.74 Å². The second kappa shape index (κ2) is 9.91. The quantitative estimate of drug-likeness (QED) is 0.419. The van der Waals surface area contributed by atoms with Crippen molar-refractivity contribution in [1.82, 2.24) is 0 Å². The number of carbonyl (C=O) groups is 1. The molecule has 2 aliphatic rings. The van der Waals surface area contributed by atoms with Crippen LogP contribution in [-0.4, -0.2) is 23.3 Å². The molecule has 0 radical (unpaired) electrons. The SMILES string of the molecule is C/C=C\C[C@H](O)CC[C@@H]1[C@@H]2C(=C[C@H](C)C[C@@H]2OC(=O)C(C)(C)CC)C=C[C@@H]1C. The molecule has 0 amide bonds. The second-order valence-corrected chi connectivity index (χ2v) is 9.50. The largest absolute Gasteiger partial charge is 0.461 e. The number of fused-ring (bicyclic) bond motifs is 1. The molecule has 6 atom stereocenters. The average Bonchev–Trinajstić information content (AvgIpc) is 2.65. The Morgan fingerprint density at radius 2 is 2.11 bits per heavy atom. The molecule has 0 saturated heterocycles. The third-order valence-electron chi connectivity index (χ3n) is 6.77. The van der Waals surface area contributed by atoms with Crippen molar-refractivity contribution in [2.75, 3.05) is 0 Å². The van der Waals surface area contributed by atoms with E-state index in [1.807, 2.05) is 39.8 Å². The molecule has 2 aliphatic carbocycles. The molecule has 0 aromatic carbocycles. The zero-order chi connectivity index (χ0) is 20.9. The summed E-state index contributed by atoms with van der Waals surface area (Å²) in [5.74, 6) is 1.38. The molecule has 158 valence electrons. The Bertz CT molecular complexity index is 613. The summed E-state index contributed by atoms with van der Waals surface area (Å²) in [5, 5.41) is 10.3. The molecule has 0 aliphatic heterocycles. The fraction of sp³-hybridized carbons (Fsp3) is 0.720. The molecule has 2 rings (SSSR count). The highest BCUT2D eigenvalue weighted by Gasteiger charge is 2.42. The van der Waals surface area contributed by atoms with Crippen LogP contribution in [0.3, 0.4) is 0 Å². The van der Waals surface area contributed by atoms with Gasteiger partial charge in [-0.05, 0) is 76.2 Å². The second-order valence-electron chi connectivity index (χ2n) is 9.50. The first-order valence-corrected chi connectivity index (χ1v) is 11.1. The predicted octanol–water partition coefficient (Wildman–Crippen LogP) is 5.85. The Morgan fingerprint density at radius 1 is 1.39 bits per heavy atom. The lowest BCUT2D eigenvalue weighted by atomic mass is 9.65. The molecule has 0 saturated carbocycles. The van der Waals surface area contributed by atoms with E-state index in [1.54, 1.807) is 0 Å². The molecular formula is C25H40O3. The Balaban J connectivity index is 2.19. The maximum atomic E-state index is 12.8. The molecule has 0 aromatic rings. The minimum atomic E-state index is -0.446. The number of rotatable bonds is 8. The first-order chi connectivity index (χ1) is 13.2. The van der Waals surface area contributed by atoms with E-state index in [2.05, 4.69) is 32.1 Å². The summed E-state index contributed by atoms with van der Waals surface area (Å²) in [6.07, 6.45) is 14.6. The van der Waals surface area contributed by atoms with E-state index in [-0.39, 0.29) is 24.1 Å². The van der Waals surface area contributed by atoms with Crippen molar-refractivity contribution < 1.29 is 14.6 Å². The number of aliphatic hydroxyl groups is 1. The van der Waals surface area contributed by atoms with Crippen molar-refractivity contribution in [3.05, 3.63) is 36.0 Å². The number of aliphatic hydroxyl groups excluding tert-OH is 1. The van der Waals surface area contributed by atoms with Crippen molar-refractivity contribution in [2.24, 2.45) is 29.1 Å². The molecule has 0 unspecified atom stereocenters. The van der Waals surface area contributed by atoms with Gasteiger partial charge in [-0.2, -0.15) is 0 Å². The van der Waals surface area contributed by atoms with Gasteiger partial charge in [0.25, 0.3) is 0 Å². The van der Waals surface area contributed by atoms with Gasteiger partial charge in [0.15, 0.2) is 0 Å². The van der Waals surface area contributed by atoms with Crippen molar-refractivity contribution in [2.45, 2.75) is 85.9 Å². The normalized spacial score (nSPS) is 31.4. The lowest BCUT2D eigenvalue weighted by Crippen LogP contribution is -2.43. The topological polar surface area (TPSA) is 46.5 Å².